The highest BCUT2D eigenvalue weighted by Crippen LogP contribution is 2.39. The lowest BCUT2D eigenvalue weighted by atomic mass is 9.88. The van der Waals surface area contributed by atoms with Crippen molar-refractivity contribution in [3.63, 3.8) is 0 Å². The predicted octanol–water partition coefficient (Wildman–Crippen LogP) is 7.24. The quantitative estimate of drug-likeness (QED) is 0.265. The Labute approximate surface area is 219 Å². The number of benzene rings is 3. The Hall–Kier alpha value is -2.81. The molecule has 0 saturated carbocycles. The molecule has 1 aromatic heterocycles. The fraction of sp³-hybridized carbons (Fsp3) is 0.286. The van der Waals surface area contributed by atoms with E-state index in [9.17, 15) is 21.6 Å². The molecule has 0 atom stereocenters. The van der Waals surface area contributed by atoms with E-state index in [4.69, 9.17) is 11.6 Å². The molecular weight excluding hydrogens is 521 g/mol. The molecule has 0 aliphatic carbocycles. The smallest absolute Gasteiger partial charge is 0.340 e. The largest absolute Gasteiger partial charge is 0.416 e. The Kier molecular flexibility index (Phi) is 6.85. The van der Waals surface area contributed by atoms with Gasteiger partial charge < -0.3 is 4.57 Å². The number of alkyl halides is 3. The van der Waals surface area contributed by atoms with E-state index in [1.165, 1.54) is 15.9 Å². The van der Waals surface area contributed by atoms with Crippen LogP contribution >= 0.6 is 11.6 Å². The van der Waals surface area contributed by atoms with Crippen molar-refractivity contribution in [2.75, 3.05) is 13.1 Å². The second kappa shape index (κ2) is 9.82. The van der Waals surface area contributed by atoms with Crippen molar-refractivity contribution in [3.05, 3.63) is 100 Å². The number of fused-ring (bicyclic) bond motifs is 1. The summed E-state index contributed by atoms with van der Waals surface area (Å²) in [6, 6.07) is 19.9. The van der Waals surface area contributed by atoms with Gasteiger partial charge in [0.25, 0.3) is 0 Å². The van der Waals surface area contributed by atoms with Crippen LogP contribution < -0.4 is 0 Å². The van der Waals surface area contributed by atoms with Gasteiger partial charge >= 0.3 is 6.18 Å². The van der Waals surface area contributed by atoms with Gasteiger partial charge in [-0.05, 0) is 73.2 Å². The molecule has 0 unspecified atom stereocenters. The van der Waals surface area contributed by atoms with Crippen LogP contribution in [0.15, 0.2) is 77.7 Å². The molecule has 2 heterocycles. The Morgan fingerprint density at radius 2 is 1.65 bits per heavy atom. The monoisotopic (exact) mass is 546 g/mol. The van der Waals surface area contributed by atoms with E-state index >= 15 is 0 Å². The number of piperidine rings is 1. The standard InChI is InChI=1S/C28H26ClF3N2O2S/c1-19-27(25-10-2-3-11-26(25)34(19)18-20-6-4-8-23(29)16-20)21-12-14-33(15-13-21)37(35,36)24-9-5-7-22(17-24)28(30,31)32/h2-11,16-17,21H,12-15,18H2,1H3. The SMILES string of the molecule is Cc1c(C2CCN(S(=O)(=O)c3cccc(C(F)(F)F)c3)CC2)c2ccccc2n1Cc1cccc(Cl)c1. The molecule has 0 amide bonds. The summed E-state index contributed by atoms with van der Waals surface area (Å²) >= 11 is 6.20. The first-order chi connectivity index (χ1) is 17.6. The number of hydrogen-bond donors (Lipinski definition) is 0. The van der Waals surface area contributed by atoms with E-state index < -0.39 is 21.8 Å². The normalized spacial score (nSPS) is 15.9. The summed E-state index contributed by atoms with van der Waals surface area (Å²) in [6.45, 7) is 3.24. The van der Waals surface area contributed by atoms with Crippen LogP contribution in [0.25, 0.3) is 10.9 Å². The third-order valence-corrected chi connectivity index (χ3v) is 9.30. The Morgan fingerprint density at radius 1 is 0.946 bits per heavy atom. The van der Waals surface area contributed by atoms with Crippen molar-refractivity contribution >= 4 is 32.5 Å². The third kappa shape index (κ3) is 5.02. The molecule has 5 rings (SSSR count). The molecule has 1 saturated heterocycles. The van der Waals surface area contributed by atoms with E-state index in [-0.39, 0.29) is 23.9 Å². The first kappa shape index (κ1) is 25.8. The van der Waals surface area contributed by atoms with Gasteiger partial charge in [0.1, 0.15) is 0 Å². The Morgan fingerprint density at radius 3 is 2.35 bits per heavy atom. The van der Waals surface area contributed by atoms with Crippen molar-refractivity contribution in [3.8, 4) is 0 Å². The third-order valence-electron chi connectivity index (χ3n) is 7.17. The highest BCUT2D eigenvalue weighted by atomic mass is 35.5. The van der Waals surface area contributed by atoms with Crippen LogP contribution in [-0.4, -0.2) is 30.4 Å². The van der Waals surface area contributed by atoms with Crippen LogP contribution in [0.1, 0.15) is 41.1 Å². The molecular formula is C28H26ClF3N2O2S. The number of aromatic nitrogens is 1. The van der Waals surface area contributed by atoms with Gasteiger partial charge in [0, 0.05) is 41.3 Å². The molecule has 9 heteroatoms. The molecule has 4 nitrogen and oxygen atoms in total. The van der Waals surface area contributed by atoms with E-state index in [0.29, 0.717) is 24.4 Å². The van der Waals surface area contributed by atoms with Gasteiger partial charge in [-0.1, -0.05) is 48.0 Å². The fourth-order valence-corrected chi connectivity index (χ4v) is 7.09. The molecule has 1 fully saturated rings. The van der Waals surface area contributed by atoms with Crippen molar-refractivity contribution < 1.29 is 21.6 Å². The summed E-state index contributed by atoms with van der Waals surface area (Å²) in [4.78, 5) is -0.324. The fourth-order valence-electron chi connectivity index (χ4n) is 5.36. The predicted molar refractivity (Wildman–Crippen MR) is 139 cm³/mol. The summed E-state index contributed by atoms with van der Waals surface area (Å²) in [7, 11) is -4.03. The summed E-state index contributed by atoms with van der Waals surface area (Å²) in [5, 5.41) is 1.82. The minimum atomic E-state index is -4.60. The molecule has 0 N–H and O–H groups in total. The van der Waals surface area contributed by atoms with Crippen LogP contribution in [0, 0.1) is 6.92 Å². The highest BCUT2D eigenvalue weighted by molar-refractivity contribution is 7.89. The van der Waals surface area contributed by atoms with Crippen LogP contribution in [0.4, 0.5) is 13.2 Å². The van der Waals surface area contributed by atoms with E-state index in [2.05, 4.69) is 23.6 Å². The molecule has 0 spiro atoms. The Bertz CT molecular complexity index is 1560. The zero-order chi connectivity index (χ0) is 26.4. The molecule has 1 aliphatic heterocycles. The minimum absolute atomic E-state index is 0.137. The van der Waals surface area contributed by atoms with E-state index in [1.807, 2.05) is 36.4 Å². The molecule has 4 aromatic rings. The second-order valence-electron chi connectivity index (χ2n) is 9.44. The average molecular weight is 547 g/mol. The first-order valence-corrected chi connectivity index (χ1v) is 13.9. The molecule has 1 aliphatic rings. The van der Waals surface area contributed by atoms with Gasteiger partial charge in [0.05, 0.1) is 10.5 Å². The van der Waals surface area contributed by atoms with Crippen LogP contribution in [0.3, 0.4) is 0 Å². The maximum atomic E-state index is 13.2. The molecule has 194 valence electrons. The molecule has 0 radical (unpaired) electrons. The van der Waals surface area contributed by atoms with Crippen LogP contribution in [0.5, 0.6) is 0 Å². The lowest BCUT2D eigenvalue weighted by Gasteiger charge is -2.32. The van der Waals surface area contributed by atoms with Crippen molar-refractivity contribution in [2.45, 2.75) is 43.3 Å². The summed E-state index contributed by atoms with van der Waals surface area (Å²) < 4.78 is 69.3. The zero-order valence-electron chi connectivity index (χ0n) is 20.2. The number of nitrogens with zero attached hydrogens (tertiary/aromatic N) is 2. The van der Waals surface area contributed by atoms with Gasteiger partial charge in [0.15, 0.2) is 0 Å². The van der Waals surface area contributed by atoms with Crippen molar-refractivity contribution in [2.24, 2.45) is 0 Å². The average Bonchev–Trinajstić information content (AvgIpc) is 3.15. The number of rotatable bonds is 5. The summed E-state index contributed by atoms with van der Waals surface area (Å²) in [5.74, 6) is 0.137. The zero-order valence-corrected chi connectivity index (χ0v) is 21.7. The number of sulfonamides is 1. The molecule has 37 heavy (non-hydrogen) atoms. The topological polar surface area (TPSA) is 42.3 Å². The van der Waals surface area contributed by atoms with Gasteiger partial charge in [-0.15, -0.1) is 0 Å². The van der Waals surface area contributed by atoms with Crippen LogP contribution in [0.2, 0.25) is 5.02 Å². The highest BCUT2D eigenvalue weighted by Gasteiger charge is 2.35. The Balaban J connectivity index is 1.41. The summed E-state index contributed by atoms with van der Waals surface area (Å²) in [5.41, 5.74) is 3.56. The lowest BCUT2D eigenvalue weighted by molar-refractivity contribution is -0.137. The first-order valence-electron chi connectivity index (χ1n) is 12.1. The summed E-state index contributed by atoms with van der Waals surface area (Å²) in [6.07, 6.45) is -3.43. The number of halogens is 4. The van der Waals surface area contributed by atoms with Crippen molar-refractivity contribution in [1.82, 2.24) is 8.87 Å². The van der Waals surface area contributed by atoms with E-state index in [1.54, 1.807) is 0 Å². The minimum Gasteiger partial charge on any atom is -0.340 e. The second-order valence-corrected chi connectivity index (χ2v) is 11.8. The van der Waals surface area contributed by atoms with Gasteiger partial charge in [-0.3, -0.25) is 0 Å². The molecule has 3 aromatic carbocycles. The maximum Gasteiger partial charge on any atom is 0.416 e. The van der Waals surface area contributed by atoms with Gasteiger partial charge in [-0.2, -0.15) is 17.5 Å². The maximum absolute atomic E-state index is 13.2. The lowest BCUT2D eigenvalue weighted by Crippen LogP contribution is -2.38. The van der Waals surface area contributed by atoms with Crippen LogP contribution in [-0.2, 0) is 22.7 Å². The van der Waals surface area contributed by atoms with E-state index in [0.717, 1.165) is 40.4 Å². The van der Waals surface area contributed by atoms with Crippen molar-refractivity contribution in [1.29, 1.82) is 0 Å². The molecule has 0 bridgehead atoms. The number of hydrogen-bond acceptors (Lipinski definition) is 2. The van der Waals surface area contributed by atoms with Gasteiger partial charge in [0.2, 0.25) is 10.0 Å². The number of para-hydroxylation sites is 1. The van der Waals surface area contributed by atoms with Gasteiger partial charge in [-0.25, -0.2) is 8.42 Å².